The SMILES string of the molecule is CCOC(=O)c1ccc(C(=O)N2CCN(Cc3nc(-c4cccs4)no3)CC2)nc1C. The minimum absolute atomic E-state index is 0.143. The molecule has 0 atom stereocenters. The Morgan fingerprint density at radius 2 is 1.97 bits per heavy atom. The Morgan fingerprint density at radius 1 is 1.16 bits per heavy atom. The molecule has 0 N–H and O–H groups in total. The fraction of sp³-hybridized carbons (Fsp3) is 0.381. The lowest BCUT2D eigenvalue weighted by atomic mass is 10.1. The van der Waals surface area contributed by atoms with Gasteiger partial charge in [0, 0.05) is 26.2 Å². The van der Waals surface area contributed by atoms with E-state index in [1.165, 1.54) is 0 Å². The Balaban J connectivity index is 1.33. The van der Waals surface area contributed by atoms with Crippen molar-refractivity contribution in [2.24, 2.45) is 0 Å². The number of carbonyl (C=O) groups is 2. The molecule has 1 fully saturated rings. The molecule has 1 amide bonds. The van der Waals surface area contributed by atoms with Crippen LogP contribution >= 0.6 is 11.3 Å². The number of amides is 1. The third-order valence-corrected chi connectivity index (χ3v) is 5.89. The minimum Gasteiger partial charge on any atom is -0.462 e. The number of hydrogen-bond donors (Lipinski definition) is 0. The van der Waals surface area contributed by atoms with Gasteiger partial charge in [0.05, 0.1) is 29.3 Å². The zero-order chi connectivity index (χ0) is 21.8. The predicted molar refractivity (Wildman–Crippen MR) is 114 cm³/mol. The van der Waals surface area contributed by atoms with E-state index in [1.807, 2.05) is 17.5 Å². The molecule has 162 valence electrons. The average molecular weight is 442 g/mol. The molecule has 0 bridgehead atoms. The number of carbonyl (C=O) groups excluding carboxylic acids is 2. The molecule has 10 heteroatoms. The summed E-state index contributed by atoms with van der Waals surface area (Å²) in [6.45, 7) is 6.84. The van der Waals surface area contributed by atoms with Crippen molar-refractivity contribution in [2.75, 3.05) is 32.8 Å². The summed E-state index contributed by atoms with van der Waals surface area (Å²) in [5, 5.41) is 6.01. The Labute approximate surface area is 183 Å². The normalized spacial score (nSPS) is 14.6. The van der Waals surface area contributed by atoms with Crippen LogP contribution in [0.2, 0.25) is 0 Å². The van der Waals surface area contributed by atoms with Crippen LogP contribution in [0.15, 0.2) is 34.2 Å². The monoisotopic (exact) mass is 441 g/mol. The molecule has 4 heterocycles. The highest BCUT2D eigenvalue weighted by molar-refractivity contribution is 7.13. The van der Waals surface area contributed by atoms with Gasteiger partial charge >= 0.3 is 5.97 Å². The van der Waals surface area contributed by atoms with Crippen molar-refractivity contribution in [1.82, 2.24) is 24.9 Å². The van der Waals surface area contributed by atoms with Crippen molar-refractivity contribution in [1.29, 1.82) is 0 Å². The zero-order valence-electron chi connectivity index (χ0n) is 17.4. The van der Waals surface area contributed by atoms with E-state index in [4.69, 9.17) is 9.26 Å². The summed E-state index contributed by atoms with van der Waals surface area (Å²) in [6.07, 6.45) is 0. The number of nitrogens with zero attached hydrogens (tertiary/aromatic N) is 5. The number of rotatable bonds is 6. The van der Waals surface area contributed by atoms with Crippen LogP contribution in [0.4, 0.5) is 0 Å². The van der Waals surface area contributed by atoms with Crippen LogP contribution in [0.1, 0.15) is 39.4 Å². The van der Waals surface area contributed by atoms with E-state index in [0.29, 0.717) is 68.0 Å². The quantitative estimate of drug-likeness (QED) is 0.538. The lowest BCUT2D eigenvalue weighted by molar-refractivity contribution is 0.0522. The number of esters is 1. The number of hydrogen-bond acceptors (Lipinski definition) is 9. The number of aryl methyl sites for hydroxylation is 1. The maximum atomic E-state index is 12.8. The second-order valence-corrected chi connectivity index (χ2v) is 8.05. The molecule has 0 aromatic carbocycles. The van der Waals surface area contributed by atoms with Gasteiger partial charge in [0.25, 0.3) is 5.91 Å². The molecule has 1 aliphatic heterocycles. The highest BCUT2D eigenvalue weighted by Crippen LogP contribution is 2.22. The first-order valence-corrected chi connectivity index (χ1v) is 11.0. The summed E-state index contributed by atoms with van der Waals surface area (Å²) in [5.41, 5.74) is 1.20. The average Bonchev–Trinajstić information content (AvgIpc) is 3.46. The number of ether oxygens (including phenoxy) is 1. The number of piperazine rings is 1. The van der Waals surface area contributed by atoms with Gasteiger partial charge in [-0.3, -0.25) is 9.69 Å². The molecular formula is C21H23N5O4S. The molecule has 4 rings (SSSR count). The fourth-order valence-electron chi connectivity index (χ4n) is 3.39. The van der Waals surface area contributed by atoms with Crippen LogP contribution in [-0.4, -0.2) is 69.6 Å². The Hall–Kier alpha value is -3.11. The fourth-order valence-corrected chi connectivity index (χ4v) is 4.04. The maximum Gasteiger partial charge on any atom is 0.339 e. The number of pyridine rings is 1. The van der Waals surface area contributed by atoms with E-state index in [2.05, 4.69) is 20.0 Å². The molecule has 0 saturated carbocycles. The summed E-state index contributed by atoms with van der Waals surface area (Å²) in [4.78, 5) is 38.5. The van der Waals surface area contributed by atoms with E-state index in [9.17, 15) is 9.59 Å². The zero-order valence-corrected chi connectivity index (χ0v) is 18.2. The van der Waals surface area contributed by atoms with Gasteiger partial charge in [-0.05, 0) is 37.4 Å². The Bertz CT molecular complexity index is 1060. The van der Waals surface area contributed by atoms with Gasteiger partial charge in [0.2, 0.25) is 11.7 Å². The van der Waals surface area contributed by atoms with Gasteiger partial charge < -0.3 is 14.2 Å². The van der Waals surface area contributed by atoms with Gasteiger partial charge in [0.15, 0.2) is 0 Å². The molecule has 1 saturated heterocycles. The van der Waals surface area contributed by atoms with Crippen molar-refractivity contribution in [3.05, 3.63) is 52.5 Å². The molecule has 0 unspecified atom stereocenters. The van der Waals surface area contributed by atoms with Crippen molar-refractivity contribution in [3.63, 3.8) is 0 Å². The molecule has 0 radical (unpaired) electrons. The Kier molecular flexibility index (Phi) is 6.38. The van der Waals surface area contributed by atoms with E-state index in [0.717, 1.165) is 4.88 Å². The standard InChI is InChI=1S/C21H23N5O4S/c1-3-29-21(28)15-6-7-16(22-14(15)2)20(27)26-10-8-25(9-11-26)13-18-23-19(24-30-18)17-5-4-12-31-17/h4-7,12H,3,8-11,13H2,1-2H3. The van der Waals surface area contributed by atoms with Gasteiger partial charge in [-0.15, -0.1) is 11.3 Å². The maximum absolute atomic E-state index is 12.8. The molecule has 31 heavy (non-hydrogen) atoms. The summed E-state index contributed by atoms with van der Waals surface area (Å²) >= 11 is 1.57. The predicted octanol–water partition coefficient (Wildman–Crippen LogP) is 2.64. The van der Waals surface area contributed by atoms with Crippen LogP contribution in [0.3, 0.4) is 0 Å². The summed E-state index contributed by atoms with van der Waals surface area (Å²) in [5.74, 6) is 0.598. The summed E-state index contributed by atoms with van der Waals surface area (Å²) in [6, 6.07) is 7.09. The molecule has 9 nitrogen and oxygen atoms in total. The van der Waals surface area contributed by atoms with Gasteiger partial charge in [-0.1, -0.05) is 11.2 Å². The van der Waals surface area contributed by atoms with Crippen LogP contribution < -0.4 is 0 Å². The second-order valence-electron chi connectivity index (χ2n) is 7.11. The van der Waals surface area contributed by atoms with E-state index in [-0.39, 0.29) is 5.91 Å². The van der Waals surface area contributed by atoms with Crippen LogP contribution in [0, 0.1) is 6.92 Å². The lowest BCUT2D eigenvalue weighted by Gasteiger charge is -2.33. The summed E-state index contributed by atoms with van der Waals surface area (Å²) < 4.78 is 10.4. The molecule has 0 spiro atoms. The van der Waals surface area contributed by atoms with E-state index < -0.39 is 5.97 Å². The first-order chi connectivity index (χ1) is 15.0. The largest absolute Gasteiger partial charge is 0.462 e. The van der Waals surface area contributed by atoms with Crippen LogP contribution in [-0.2, 0) is 11.3 Å². The van der Waals surface area contributed by atoms with Gasteiger partial charge in [-0.2, -0.15) is 4.98 Å². The van der Waals surface area contributed by atoms with Gasteiger partial charge in [-0.25, -0.2) is 9.78 Å². The van der Waals surface area contributed by atoms with Crippen LogP contribution in [0.25, 0.3) is 10.7 Å². The smallest absolute Gasteiger partial charge is 0.339 e. The third-order valence-electron chi connectivity index (χ3n) is 5.03. The Morgan fingerprint density at radius 3 is 2.65 bits per heavy atom. The van der Waals surface area contributed by atoms with Crippen molar-refractivity contribution in [2.45, 2.75) is 20.4 Å². The number of thiophene rings is 1. The minimum atomic E-state index is -0.427. The molecular weight excluding hydrogens is 418 g/mol. The molecule has 1 aliphatic rings. The van der Waals surface area contributed by atoms with E-state index in [1.54, 1.807) is 42.2 Å². The lowest BCUT2D eigenvalue weighted by Crippen LogP contribution is -2.48. The van der Waals surface area contributed by atoms with Gasteiger partial charge in [0.1, 0.15) is 5.69 Å². The first kappa shape index (κ1) is 21.1. The molecule has 3 aromatic rings. The van der Waals surface area contributed by atoms with Crippen molar-refractivity contribution >= 4 is 23.2 Å². The second kappa shape index (κ2) is 9.36. The summed E-state index contributed by atoms with van der Waals surface area (Å²) in [7, 11) is 0. The number of aromatic nitrogens is 3. The topological polar surface area (TPSA) is 102 Å². The highest BCUT2D eigenvalue weighted by Gasteiger charge is 2.25. The van der Waals surface area contributed by atoms with E-state index >= 15 is 0 Å². The highest BCUT2D eigenvalue weighted by atomic mass is 32.1. The third kappa shape index (κ3) is 4.80. The molecule has 3 aromatic heterocycles. The first-order valence-electron chi connectivity index (χ1n) is 10.1. The molecule has 0 aliphatic carbocycles. The van der Waals surface area contributed by atoms with Crippen molar-refractivity contribution < 1.29 is 18.8 Å². The van der Waals surface area contributed by atoms with Crippen molar-refractivity contribution in [3.8, 4) is 10.7 Å². The van der Waals surface area contributed by atoms with Crippen LogP contribution in [0.5, 0.6) is 0 Å².